The summed E-state index contributed by atoms with van der Waals surface area (Å²) in [5, 5.41) is 7.34. The normalized spacial score (nSPS) is 34.9. The van der Waals surface area contributed by atoms with E-state index in [0.717, 1.165) is 132 Å². The molecule has 21 rings (SSSR count). The molecule has 1 aliphatic carbocycles. The number of hydrogen-bond donors (Lipinski definition) is 0. The minimum absolute atomic E-state index is 0.763. The van der Waals surface area contributed by atoms with Crippen LogP contribution < -0.4 is 0 Å². The Balaban J connectivity index is 1.51. The summed E-state index contributed by atoms with van der Waals surface area (Å²) in [7, 11) is 0. The second kappa shape index (κ2) is 51.1. The molecule has 14 bridgehead atoms. The molecule has 21 fully saturated rings. The van der Waals surface area contributed by atoms with Gasteiger partial charge in [-0.15, -0.1) is 0 Å². The molecule has 57 heteroatoms. The van der Waals surface area contributed by atoms with E-state index in [2.05, 4.69) is 20.1 Å². The fraction of sp³-hybridized carbons (Fsp3) is 0.765. The van der Waals surface area contributed by atoms with E-state index in [1.165, 1.54) is 0 Å². The van der Waals surface area contributed by atoms with Gasteiger partial charge in [-0.25, -0.2) is 0 Å². The number of carbonyl (C=O) groups is 19. The molecule has 14 unspecified atom stereocenters. The Labute approximate surface area is 783 Å². The first-order chi connectivity index (χ1) is 64.9. The lowest BCUT2D eigenvalue weighted by Crippen LogP contribution is -2.70. The first-order valence-electron chi connectivity index (χ1n) is 42.6. The molecular weight excluding hydrogens is 1870 g/mol. The molecule has 0 aromatic carbocycles. The van der Waals surface area contributed by atoms with E-state index in [9.17, 15) is 102 Å². The van der Waals surface area contributed by atoms with E-state index in [0.29, 0.717) is 0 Å². The molecule has 0 spiro atoms. The van der Waals surface area contributed by atoms with Crippen molar-refractivity contribution in [2.75, 3.05) is 46.1 Å². The largest absolute Gasteiger partial charge is 0.465 e. The highest BCUT2D eigenvalue weighted by molar-refractivity contribution is 5.73. The molecule has 20 saturated heterocycles. The number of ether oxygens (including phenoxy) is 32. The van der Waals surface area contributed by atoms with Crippen LogP contribution in [0.4, 0.5) is 0 Å². The lowest BCUT2D eigenvalue weighted by atomic mass is 9.80. The maximum atomic E-state index is 14.0. The predicted molar refractivity (Wildman–Crippen MR) is 427 cm³/mol. The van der Waals surface area contributed by atoms with Crippen LogP contribution >= 0.6 is 0 Å². The van der Waals surface area contributed by atoms with Gasteiger partial charge in [0.05, 0.1) is 38.0 Å². The standard InChI is InChI=1S/C81H108N6O51/c1-28(88)107-23-47-20-48-56(112-33(6)93)63(113-34(7)94)55(47)133-78-73(123-44(17)104)67(117-38(11)98)60(52(130-78)25-109-30(3)90)136-76-71(121-42(15)102)65(115-36(9)96)58(50(128-76)22-85-87-83)135-80-74(124-45(18)105)69(119-40(13)100)62(54(131-80)27-111-32(5)92)138-81-75(125-46(19)106)68(118-39(12)99)61(53(132-81)26-110-31(4)91)137-77-70(120-41(14)101)64(114-35(8)95)57(49(127-77)21-84-86-82)134-79-72(122-43(16)103)66(116-37(10)97)59(126-48)51(129-79)24-108-29(2)89/h47-81H,20-27H2,1-19H3/t47?,48-,49?,50?,51?,52?,53?,54?,55+,56?,57+,58-,59+,60+,61+,62-,63-,64-,65+,66-,67-,68-,69+,70?,71?,72?,73?,74?,75?,76-,77+,78+,79+,80-,81-/m0/s1. The van der Waals surface area contributed by atoms with E-state index < -0.39 is 381 Å². The second-order valence-corrected chi connectivity index (χ2v) is 31.9. The maximum Gasteiger partial charge on any atom is 0.303 e. The molecule has 0 aromatic heterocycles. The SMILES string of the molecule is CC(=O)OCC1C[C@@H]2O[C@@H]3C(COC(C)=O)O[C@H](O[C@@H]4C(CN=[N+]=[N-])O[C@H](O[C@@H]5C(COC(C)=O)O[C@@H](O[C@H]6C(COC(C)=O)O[C@@H](O[C@H]7C(CN=[N+]=[N-])O[C@@H](O[C@@H]8C(COC(C)=O)O[C@H](O[C@H]1[C@H](OC(C)=O)C2OC(C)=O)C(OC(C)=O)[C@H]8OC(C)=O)C(OC(C)=O)[C@@H]7OC(C)=O)C(OC(C)=O)[C@@H]6OC(C)=O)C(OC(C)=O)[C@H]5OC(C)=O)C(OC(C)=O)[C@H]4OC(C)=O)C(OC(C)=O)[C@H]3OC(C)=O. The van der Waals surface area contributed by atoms with Crippen molar-refractivity contribution in [3.63, 3.8) is 0 Å². The van der Waals surface area contributed by atoms with Crippen LogP contribution in [0.15, 0.2) is 10.2 Å². The minimum atomic E-state index is -2.45. The van der Waals surface area contributed by atoms with Gasteiger partial charge in [0.25, 0.3) is 0 Å². The molecule has 768 valence electrons. The molecule has 20 aliphatic heterocycles. The number of carbonyl (C=O) groups excluding carboxylic acids is 19. The van der Waals surface area contributed by atoms with Crippen LogP contribution in [0.2, 0.25) is 0 Å². The van der Waals surface area contributed by atoms with Crippen LogP contribution in [0.5, 0.6) is 0 Å². The minimum Gasteiger partial charge on any atom is -0.465 e. The Morgan fingerprint density at radius 3 is 0.580 bits per heavy atom. The lowest BCUT2D eigenvalue weighted by molar-refractivity contribution is -0.395. The number of nitrogens with zero attached hydrogens (tertiary/aromatic N) is 6. The highest BCUT2D eigenvalue weighted by Crippen LogP contribution is 2.46. The van der Waals surface area contributed by atoms with Crippen molar-refractivity contribution >= 4 is 113 Å². The molecule has 0 amide bonds. The third-order valence-electron chi connectivity index (χ3n) is 20.8. The monoisotopic (exact) mass is 1980 g/mol. The molecule has 21 aliphatic rings. The van der Waals surface area contributed by atoms with Gasteiger partial charge in [-0.05, 0) is 17.5 Å². The molecule has 1 saturated carbocycles. The highest BCUT2D eigenvalue weighted by atomic mass is 16.8. The molecule has 57 nitrogen and oxygen atoms in total. The number of azide groups is 2. The summed E-state index contributed by atoms with van der Waals surface area (Å²) < 4.78 is 198. The smallest absolute Gasteiger partial charge is 0.303 e. The Bertz CT molecular complexity index is 4380. The van der Waals surface area contributed by atoms with E-state index in [4.69, 9.17) is 152 Å². The van der Waals surface area contributed by atoms with Crippen LogP contribution in [-0.4, -0.2) is 368 Å². The van der Waals surface area contributed by atoms with E-state index >= 15 is 0 Å². The first-order valence-corrected chi connectivity index (χ1v) is 42.6. The first kappa shape index (κ1) is 111. The van der Waals surface area contributed by atoms with Crippen molar-refractivity contribution in [1.29, 1.82) is 0 Å². The van der Waals surface area contributed by atoms with Gasteiger partial charge in [-0.3, -0.25) is 91.1 Å². The summed E-state index contributed by atoms with van der Waals surface area (Å²) in [5.41, 5.74) is 20.2. The molecule has 35 atom stereocenters. The van der Waals surface area contributed by atoms with Crippen molar-refractivity contribution in [2.45, 2.75) is 347 Å². The topological polar surface area (TPSA) is 717 Å². The summed E-state index contributed by atoms with van der Waals surface area (Å²) in [6, 6.07) is 0. The molecule has 0 N–H and O–H groups in total. The van der Waals surface area contributed by atoms with Crippen molar-refractivity contribution in [3.05, 3.63) is 20.9 Å². The fourth-order valence-corrected chi connectivity index (χ4v) is 16.4. The van der Waals surface area contributed by atoms with Gasteiger partial charge in [0.1, 0.15) is 93.6 Å². The Morgan fingerprint density at radius 2 is 0.377 bits per heavy atom. The third-order valence-corrected chi connectivity index (χ3v) is 20.8. The van der Waals surface area contributed by atoms with Gasteiger partial charge >= 0.3 is 113 Å². The van der Waals surface area contributed by atoms with Crippen LogP contribution in [0, 0.1) is 5.92 Å². The van der Waals surface area contributed by atoms with Gasteiger partial charge < -0.3 is 152 Å². The van der Waals surface area contributed by atoms with Gasteiger partial charge in [-0.2, -0.15) is 0 Å². The summed E-state index contributed by atoms with van der Waals surface area (Å²) in [5.74, 6) is -25.0. The van der Waals surface area contributed by atoms with Crippen LogP contribution in [0.3, 0.4) is 0 Å². The summed E-state index contributed by atoms with van der Waals surface area (Å²) in [4.78, 5) is 266. The summed E-state index contributed by atoms with van der Waals surface area (Å²) in [6.07, 6.45) is -77.6. The average Bonchev–Trinajstić information content (AvgIpc) is 0.773. The van der Waals surface area contributed by atoms with Crippen molar-refractivity contribution in [3.8, 4) is 0 Å². The molecule has 20 heterocycles. The van der Waals surface area contributed by atoms with Crippen LogP contribution in [0.25, 0.3) is 20.9 Å². The zero-order valence-corrected chi connectivity index (χ0v) is 77.9. The summed E-state index contributed by atoms with van der Waals surface area (Å²) in [6.45, 7) is 8.60. The quantitative estimate of drug-likeness (QED) is 0.0295. The number of esters is 19. The molecule has 0 radical (unpaired) electrons. The van der Waals surface area contributed by atoms with E-state index in [1.807, 2.05) is 0 Å². The zero-order chi connectivity index (χ0) is 102. The Kier molecular flexibility index (Phi) is 41.2. The van der Waals surface area contributed by atoms with Crippen LogP contribution in [-0.2, 0) is 243 Å². The van der Waals surface area contributed by atoms with Gasteiger partial charge in [0.2, 0.25) is 0 Å². The lowest BCUT2D eigenvalue weighted by Gasteiger charge is -2.52. The molecule has 0 aromatic rings. The highest BCUT2D eigenvalue weighted by Gasteiger charge is 2.66. The number of hydrogen-bond acceptors (Lipinski definition) is 53. The second-order valence-electron chi connectivity index (χ2n) is 31.9. The van der Waals surface area contributed by atoms with Crippen LogP contribution in [0.1, 0.15) is 138 Å². The Morgan fingerprint density at radius 1 is 0.210 bits per heavy atom. The predicted octanol–water partition coefficient (Wildman–Crippen LogP) is -1.09. The third kappa shape index (κ3) is 31.3. The van der Waals surface area contributed by atoms with Gasteiger partial charge in [-0.1, -0.05) is 10.2 Å². The van der Waals surface area contributed by atoms with E-state index in [-0.39, 0.29) is 0 Å². The van der Waals surface area contributed by atoms with Crippen molar-refractivity contribution in [2.24, 2.45) is 16.1 Å². The van der Waals surface area contributed by atoms with Crippen molar-refractivity contribution < 1.29 is 243 Å². The number of rotatable bonds is 28. The van der Waals surface area contributed by atoms with Gasteiger partial charge in [0.15, 0.2) is 123 Å². The maximum absolute atomic E-state index is 14.0. The average molecular weight is 1980 g/mol. The van der Waals surface area contributed by atoms with Gasteiger partial charge in [0, 0.05) is 147 Å². The van der Waals surface area contributed by atoms with E-state index in [1.54, 1.807) is 0 Å². The van der Waals surface area contributed by atoms with Crippen molar-refractivity contribution in [1.82, 2.24) is 0 Å². The molecule has 138 heavy (non-hydrogen) atoms. The summed E-state index contributed by atoms with van der Waals surface area (Å²) >= 11 is 0. The Hall–Kier alpha value is -12.0. The molecular formula is C81H108N6O51. The zero-order valence-electron chi connectivity index (χ0n) is 77.9. The fourth-order valence-electron chi connectivity index (χ4n) is 16.4.